The molecule has 7 nitrogen and oxygen atoms in total. The Bertz CT molecular complexity index is 1030. The first-order valence-electron chi connectivity index (χ1n) is 9.00. The standard InChI is InChI=1S/C21H20FN5O2/c1-14(28)25-16-6-4-7-17(13-16)26-21-24-12-10-19(27-21)20(29)23-11-9-15-5-2-3-8-18(15)22/h2-8,10,12-13H,9,11H2,1H3,(H,23,29)(H,25,28)(H,24,26,27). The van der Waals surface area contributed by atoms with Gasteiger partial charge in [-0.1, -0.05) is 24.3 Å². The number of rotatable bonds is 7. The highest BCUT2D eigenvalue weighted by molar-refractivity contribution is 5.92. The average Bonchev–Trinajstić information content (AvgIpc) is 2.69. The fraction of sp³-hybridized carbons (Fsp3) is 0.143. The Morgan fingerprint density at radius 3 is 2.62 bits per heavy atom. The molecule has 0 bridgehead atoms. The summed E-state index contributed by atoms with van der Waals surface area (Å²) in [7, 11) is 0. The zero-order valence-corrected chi connectivity index (χ0v) is 15.8. The van der Waals surface area contributed by atoms with E-state index in [2.05, 4.69) is 25.9 Å². The zero-order valence-electron chi connectivity index (χ0n) is 15.8. The van der Waals surface area contributed by atoms with Crippen molar-refractivity contribution in [1.82, 2.24) is 15.3 Å². The normalized spacial score (nSPS) is 10.3. The van der Waals surface area contributed by atoms with Gasteiger partial charge in [0.25, 0.3) is 5.91 Å². The molecule has 1 heterocycles. The van der Waals surface area contributed by atoms with Gasteiger partial charge < -0.3 is 16.0 Å². The topological polar surface area (TPSA) is 96.0 Å². The minimum absolute atomic E-state index is 0.174. The number of anilines is 3. The lowest BCUT2D eigenvalue weighted by molar-refractivity contribution is -0.114. The number of hydrogen-bond donors (Lipinski definition) is 3. The van der Waals surface area contributed by atoms with Crippen molar-refractivity contribution in [3.05, 3.63) is 77.9 Å². The van der Waals surface area contributed by atoms with Crippen molar-refractivity contribution >= 4 is 29.1 Å². The van der Waals surface area contributed by atoms with Gasteiger partial charge in [-0.15, -0.1) is 0 Å². The second-order valence-electron chi connectivity index (χ2n) is 6.25. The lowest BCUT2D eigenvalue weighted by atomic mass is 10.1. The first-order valence-corrected chi connectivity index (χ1v) is 9.00. The molecule has 3 aromatic rings. The van der Waals surface area contributed by atoms with Crippen LogP contribution in [-0.2, 0) is 11.2 Å². The molecular formula is C21H20FN5O2. The van der Waals surface area contributed by atoms with Crippen molar-refractivity contribution in [3.8, 4) is 0 Å². The second kappa shape index (κ2) is 9.41. The molecule has 0 aliphatic heterocycles. The van der Waals surface area contributed by atoms with Crippen molar-refractivity contribution in [2.75, 3.05) is 17.2 Å². The Balaban J connectivity index is 1.61. The van der Waals surface area contributed by atoms with E-state index in [0.717, 1.165) is 0 Å². The van der Waals surface area contributed by atoms with Gasteiger partial charge in [0.15, 0.2) is 0 Å². The fourth-order valence-corrected chi connectivity index (χ4v) is 2.65. The number of benzene rings is 2. The highest BCUT2D eigenvalue weighted by atomic mass is 19.1. The van der Waals surface area contributed by atoms with Crippen LogP contribution in [-0.4, -0.2) is 28.3 Å². The van der Waals surface area contributed by atoms with Gasteiger partial charge >= 0.3 is 0 Å². The van der Waals surface area contributed by atoms with Crippen LogP contribution >= 0.6 is 0 Å². The third kappa shape index (κ3) is 5.83. The molecule has 3 N–H and O–H groups in total. The van der Waals surface area contributed by atoms with E-state index in [1.807, 2.05) is 0 Å². The van der Waals surface area contributed by atoms with Crippen LogP contribution in [0.5, 0.6) is 0 Å². The van der Waals surface area contributed by atoms with Gasteiger partial charge in [0.2, 0.25) is 11.9 Å². The number of amides is 2. The molecule has 0 unspecified atom stereocenters. The zero-order chi connectivity index (χ0) is 20.6. The maximum absolute atomic E-state index is 13.6. The minimum atomic E-state index is -0.376. The number of carbonyl (C=O) groups is 2. The molecule has 1 aromatic heterocycles. The summed E-state index contributed by atoms with van der Waals surface area (Å²) in [6, 6.07) is 15.0. The Morgan fingerprint density at radius 1 is 1.03 bits per heavy atom. The number of carbonyl (C=O) groups excluding carboxylic acids is 2. The summed E-state index contributed by atoms with van der Waals surface area (Å²) in [6.45, 7) is 1.71. The van der Waals surface area contributed by atoms with Gasteiger partial charge in [-0.2, -0.15) is 0 Å². The van der Waals surface area contributed by atoms with Gasteiger partial charge in [0, 0.05) is 31.0 Å². The maximum atomic E-state index is 13.6. The van der Waals surface area contributed by atoms with Crippen LogP contribution < -0.4 is 16.0 Å². The molecule has 0 spiro atoms. The van der Waals surface area contributed by atoms with E-state index >= 15 is 0 Å². The summed E-state index contributed by atoms with van der Waals surface area (Å²) < 4.78 is 13.6. The number of aromatic nitrogens is 2. The van der Waals surface area contributed by atoms with Crippen molar-refractivity contribution in [1.29, 1.82) is 0 Å². The second-order valence-corrected chi connectivity index (χ2v) is 6.25. The molecule has 0 aliphatic carbocycles. The van der Waals surface area contributed by atoms with E-state index in [4.69, 9.17) is 0 Å². The highest BCUT2D eigenvalue weighted by Crippen LogP contribution is 2.18. The van der Waals surface area contributed by atoms with E-state index in [0.29, 0.717) is 23.4 Å². The molecule has 0 aliphatic rings. The molecule has 3 rings (SSSR count). The lowest BCUT2D eigenvalue weighted by Gasteiger charge is -2.09. The number of nitrogens with zero attached hydrogens (tertiary/aromatic N) is 2. The Hall–Kier alpha value is -3.81. The summed E-state index contributed by atoms with van der Waals surface area (Å²) in [5, 5.41) is 8.42. The van der Waals surface area contributed by atoms with Crippen LogP contribution in [0.4, 0.5) is 21.7 Å². The Labute approximate surface area is 167 Å². The van der Waals surface area contributed by atoms with Gasteiger partial charge in [0.05, 0.1) is 0 Å². The van der Waals surface area contributed by atoms with Crippen molar-refractivity contribution < 1.29 is 14.0 Å². The number of nitrogens with one attached hydrogen (secondary N) is 3. The maximum Gasteiger partial charge on any atom is 0.270 e. The molecule has 0 saturated carbocycles. The summed E-state index contributed by atoms with van der Waals surface area (Å²) in [5.41, 5.74) is 2.02. The largest absolute Gasteiger partial charge is 0.350 e. The Morgan fingerprint density at radius 2 is 1.83 bits per heavy atom. The van der Waals surface area contributed by atoms with E-state index < -0.39 is 0 Å². The van der Waals surface area contributed by atoms with Crippen LogP contribution in [0.2, 0.25) is 0 Å². The quantitative estimate of drug-likeness (QED) is 0.572. The molecule has 0 saturated heterocycles. The van der Waals surface area contributed by atoms with Gasteiger partial charge in [-0.25, -0.2) is 14.4 Å². The van der Waals surface area contributed by atoms with Crippen LogP contribution in [0, 0.1) is 5.82 Å². The molecule has 29 heavy (non-hydrogen) atoms. The molecule has 0 radical (unpaired) electrons. The molecule has 2 aromatic carbocycles. The monoisotopic (exact) mass is 393 g/mol. The minimum Gasteiger partial charge on any atom is -0.350 e. The van der Waals surface area contributed by atoms with E-state index in [1.165, 1.54) is 25.3 Å². The third-order valence-corrected chi connectivity index (χ3v) is 3.97. The van der Waals surface area contributed by atoms with Crippen LogP contribution in [0.1, 0.15) is 23.0 Å². The van der Waals surface area contributed by atoms with E-state index in [1.54, 1.807) is 42.5 Å². The van der Waals surface area contributed by atoms with E-state index in [-0.39, 0.29) is 35.8 Å². The Kier molecular flexibility index (Phi) is 6.47. The van der Waals surface area contributed by atoms with Crippen LogP contribution in [0.15, 0.2) is 60.8 Å². The predicted molar refractivity (Wildman–Crippen MR) is 108 cm³/mol. The summed E-state index contributed by atoms with van der Waals surface area (Å²) in [5.74, 6) is -0.602. The highest BCUT2D eigenvalue weighted by Gasteiger charge is 2.10. The van der Waals surface area contributed by atoms with Crippen LogP contribution in [0.3, 0.4) is 0 Å². The molecule has 8 heteroatoms. The first kappa shape index (κ1) is 19.9. The predicted octanol–water partition coefficient (Wildman–Crippen LogP) is 3.29. The SMILES string of the molecule is CC(=O)Nc1cccc(Nc2nccc(C(=O)NCCc3ccccc3F)n2)c1. The summed E-state index contributed by atoms with van der Waals surface area (Å²) >= 11 is 0. The third-order valence-electron chi connectivity index (χ3n) is 3.97. The van der Waals surface area contributed by atoms with Gasteiger partial charge in [-0.3, -0.25) is 9.59 Å². The van der Waals surface area contributed by atoms with Gasteiger partial charge in [-0.05, 0) is 42.3 Å². The number of halogens is 1. The lowest BCUT2D eigenvalue weighted by Crippen LogP contribution is -2.27. The van der Waals surface area contributed by atoms with Gasteiger partial charge in [0.1, 0.15) is 11.5 Å². The molecule has 2 amide bonds. The fourth-order valence-electron chi connectivity index (χ4n) is 2.65. The molecule has 0 fully saturated rings. The van der Waals surface area contributed by atoms with Crippen molar-refractivity contribution in [2.24, 2.45) is 0 Å². The molecule has 148 valence electrons. The van der Waals surface area contributed by atoms with E-state index in [9.17, 15) is 14.0 Å². The average molecular weight is 393 g/mol. The smallest absolute Gasteiger partial charge is 0.270 e. The first-order chi connectivity index (χ1) is 14.0. The van der Waals surface area contributed by atoms with Crippen LogP contribution in [0.25, 0.3) is 0 Å². The number of hydrogen-bond acceptors (Lipinski definition) is 5. The summed E-state index contributed by atoms with van der Waals surface area (Å²) in [6.07, 6.45) is 1.85. The molecule has 0 atom stereocenters. The molecular weight excluding hydrogens is 373 g/mol. The summed E-state index contributed by atoms with van der Waals surface area (Å²) in [4.78, 5) is 31.8. The van der Waals surface area contributed by atoms with Crippen molar-refractivity contribution in [2.45, 2.75) is 13.3 Å². The van der Waals surface area contributed by atoms with Crippen molar-refractivity contribution in [3.63, 3.8) is 0 Å².